The van der Waals surface area contributed by atoms with Crippen LogP contribution in [-0.4, -0.2) is 37.9 Å². The van der Waals surface area contributed by atoms with Gasteiger partial charge in [-0.15, -0.1) is 6.58 Å². The van der Waals surface area contributed by atoms with E-state index in [1.165, 1.54) is 6.08 Å². The second-order valence-corrected chi connectivity index (χ2v) is 12.8. The third-order valence-corrected chi connectivity index (χ3v) is 6.38. The molecule has 0 amide bonds. The summed E-state index contributed by atoms with van der Waals surface area (Å²) < 4.78 is 27.9. The highest BCUT2D eigenvalue weighted by Crippen LogP contribution is 2.38. The molecule has 0 aliphatic heterocycles. The molecular weight excluding hydrogens is 548 g/mol. The summed E-state index contributed by atoms with van der Waals surface area (Å²) in [5, 5.41) is 0. The van der Waals surface area contributed by atoms with Gasteiger partial charge in [-0.3, -0.25) is 14.4 Å². The predicted molar refractivity (Wildman–Crippen MR) is 167 cm³/mol. The lowest BCUT2D eigenvalue weighted by Crippen LogP contribution is -2.25. The standard InChI is InChI=1S/C35H46O8/c1-11-19-39-29-21-30(41-23-43-32(38)34(6,7)8)27(35(9,10)12-2)20-25(29)15-18-28(36)24-13-16-26(17-14-24)40-22-42-31(37)33(3,4)5/h12-18,20-21H,2,11,19,22-23H2,1,3-10H3. The number of ether oxygens (including phenoxy) is 5. The van der Waals surface area contributed by atoms with Crippen LogP contribution >= 0.6 is 0 Å². The molecule has 2 aromatic carbocycles. The molecule has 0 aromatic heterocycles. The lowest BCUT2D eigenvalue weighted by atomic mass is 9.83. The number of benzene rings is 2. The minimum atomic E-state index is -0.655. The number of hydrogen-bond acceptors (Lipinski definition) is 8. The Kier molecular flexibility index (Phi) is 12.2. The van der Waals surface area contributed by atoms with Crippen LogP contribution in [0.4, 0.5) is 0 Å². The van der Waals surface area contributed by atoms with Crippen molar-refractivity contribution in [2.45, 2.75) is 74.1 Å². The summed E-state index contributed by atoms with van der Waals surface area (Å²) in [6, 6.07) is 10.2. The monoisotopic (exact) mass is 594 g/mol. The van der Waals surface area contributed by atoms with E-state index in [0.29, 0.717) is 35.0 Å². The Labute approximate surface area is 256 Å². The molecule has 0 saturated heterocycles. The molecule has 0 saturated carbocycles. The summed E-state index contributed by atoms with van der Waals surface area (Å²) in [5.41, 5.74) is 0.154. The van der Waals surface area contributed by atoms with Gasteiger partial charge >= 0.3 is 11.9 Å². The highest BCUT2D eigenvalue weighted by molar-refractivity contribution is 6.07. The van der Waals surface area contributed by atoms with Crippen LogP contribution in [0.2, 0.25) is 0 Å². The van der Waals surface area contributed by atoms with Crippen LogP contribution in [0, 0.1) is 10.8 Å². The maximum Gasteiger partial charge on any atom is 0.314 e. The van der Waals surface area contributed by atoms with E-state index in [2.05, 4.69) is 6.58 Å². The van der Waals surface area contributed by atoms with E-state index in [1.54, 1.807) is 84.0 Å². The van der Waals surface area contributed by atoms with Gasteiger partial charge in [0.15, 0.2) is 5.78 Å². The van der Waals surface area contributed by atoms with E-state index in [0.717, 1.165) is 12.0 Å². The Bertz CT molecular complexity index is 1310. The Balaban J connectivity index is 2.28. The van der Waals surface area contributed by atoms with E-state index >= 15 is 0 Å². The molecule has 234 valence electrons. The van der Waals surface area contributed by atoms with Crippen molar-refractivity contribution in [2.24, 2.45) is 10.8 Å². The molecule has 0 radical (unpaired) electrons. The summed E-state index contributed by atoms with van der Waals surface area (Å²) in [6.07, 6.45) is 5.77. The maximum absolute atomic E-state index is 13.0. The Morgan fingerprint density at radius 1 is 0.767 bits per heavy atom. The van der Waals surface area contributed by atoms with E-state index in [9.17, 15) is 14.4 Å². The lowest BCUT2D eigenvalue weighted by Gasteiger charge is -2.26. The van der Waals surface area contributed by atoms with Crippen molar-refractivity contribution in [3.05, 3.63) is 71.8 Å². The maximum atomic E-state index is 13.0. The summed E-state index contributed by atoms with van der Waals surface area (Å²) in [5.74, 6) is 0.532. The molecule has 0 aliphatic rings. The quantitative estimate of drug-likeness (QED) is 0.0722. The van der Waals surface area contributed by atoms with E-state index in [4.69, 9.17) is 23.7 Å². The number of carbonyl (C=O) groups is 3. The smallest absolute Gasteiger partial charge is 0.314 e. The van der Waals surface area contributed by atoms with Gasteiger partial charge in [-0.05, 0) is 90.4 Å². The zero-order valence-electron chi connectivity index (χ0n) is 27.0. The van der Waals surface area contributed by atoms with E-state index in [1.807, 2.05) is 26.8 Å². The summed E-state index contributed by atoms with van der Waals surface area (Å²) >= 11 is 0. The number of carbonyl (C=O) groups excluding carboxylic acids is 3. The highest BCUT2D eigenvalue weighted by atomic mass is 16.7. The van der Waals surface area contributed by atoms with Crippen molar-refractivity contribution in [1.29, 1.82) is 0 Å². The number of esters is 2. The Morgan fingerprint density at radius 2 is 1.33 bits per heavy atom. The van der Waals surface area contributed by atoms with Crippen molar-refractivity contribution in [3.63, 3.8) is 0 Å². The summed E-state index contributed by atoms with van der Waals surface area (Å²) in [4.78, 5) is 37.2. The molecule has 0 atom stereocenters. The Morgan fingerprint density at radius 3 is 1.84 bits per heavy atom. The van der Waals surface area contributed by atoms with Crippen molar-refractivity contribution >= 4 is 23.8 Å². The molecular formula is C35H46O8. The van der Waals surface area contributed by atoms with Gasteiger partial charge in [0.25, 0.3) is 0 Å². The average Bonchev–Trinajstić information content (AvgIpc) is 2.94. The first-order valence-electron chi connectivity index (χ1n) is 14.4. The molecule has 43 heavy (non-hydrogen) atoms. The third-order valence-electron chi connectivity index (χ3n) is 6.38. The molecule has 0 heterocycles. The Hall–Kier alpha value is -4.07. The fourth-order valence-corrected chi connectivity index (χ4v) is 3.49. The van der Waals surface area contributed by atoms with Gasteiger partial charge in [-0.1, -0.05) is 26.8 Å². The molecule has 0 spiro atoms. The minimum Gasteiger partial charge on any atom is -0.493 e. The molecule has 0 N–H and O–H groups in total. The van der Waals surface area contributed by atoms with Gasteiger partial charge in [-0.25, -0.2) is 0 Å². The normalized spacial score (nSPS) is 12.0. The van der Waals surface area contributed by atoms with Crippen LogP contribution in [-0.2, 0) is 24.5 Å². The predicted octanol–water partition coefficient (Wildman–Crippen LogP) is 7.69. The number of ketones is 1. The van der Waals surface area contributed by atoms with E-state index < -0.39 is 16.2 Å². The largest absolute Gasteiger partial charge is 0.493 e. The van der Waals surface area contributed by atoms with Crippen LogP contribution in [0.1, 0.15) is 90.2 Å². The molecule has 0 unspecified atom stereocenters. The SMILES string of the molecule is C=CC(C)(C)c1cc(C=CC(=O)c2ccc(OCOC(=O)C(C)(C)C)cc2)c(OCCC)cc1OCOC(=O)C(C)(C)C. The van der Waals surface area contributed by atoms with Gasteiger partial charge in [0, 0.05) is 28.2 Å². The minimum absolute atomic E-state index is 0.216. The molecule has 0 fully saturated rings. The third kappa shape index (κ3) is 10.6. The second kappa shape index (κ2) is 14.9. The fraction of sp³-hybridized carbons (Fsp3) is 0.457. The summed E-state index contributed by atoms with van der Waals surface area (Å²) in [6.45, 7) is 20.6. The first kappa shape index (κ1) is 35.1. The average molecular weight is 595 g/mol. The van der Waals surface area contributed by atoms with Crippen molar-refractivity contribution in [1.82, 2.24) is 0 Å². The van der Waals surface area contributed by atoms with Crippen LogP contribution in [0.3, 0.4) is 0 Å². The number of allylic oxidation sites excluding steroid dienone is 2. The van der Waals surface area contributed by atoms with E-state index in [-0.39, 0.29) is 31.3 Å². The molecule has 8 nitrogen and oxygen atoms in total. The fourth-order valence-electron chi connectivity index (χ4n) is 3.49. The van der Waals surface area contributed by atoms with Crippen molar-refractivity contribution in [2.75, 3.05) is 20.2 Å². The molecule has 8 heteroatoms. The van der Waals surface area contributed by atoms with Gasteiger partial charge in [-0.2, -0.15) is 0 Å². The van der Waals surface area contributed by atoms with Gasteiger partial charge in [0.05, 0.1) is 17.4 Å². The molecule has 0 aliphatic carbocycles. The van der Waals surface area contributed by atoms with Crippen LogP contribution in [0.15, 0.2) is 55.1 Å². The lowest BCUT2D eigenvalue weighted by molar-refractivity contribution is -0.160. The summed E-state index contributed by atoms with van der Waals surface area (Å²) in [7, 11) is 0. The van der Waals surface area contributed by atoms with Crippen LogP contribution in [0.25, 0.3) is 6.08 Å². The van der Waals surface area contributed by atoms with Gasteiger partial charge < -0.3 is 23.7 Å². The zero-order valence-corrected chi connectivity index (χ0v) is 27.0. The first-order chi connectivity index (χ1) is 20.0. The van der Waals surface area contributed by atoms with Crippen molar-refractivity contribution in [3.8, 4) is 17.2 Å². The number of hydrogen-bond donors (Lipinski definition) is 0. The zero-order chi connectivity index (χ0) is 32.4. The molecule has 0 bridgehead atoms. The van der Waals surface area contributed by atoms with Gasteiger partial charge in [0.2, 0.25) is 13.6 Å². The first-order valence-corrected chi connectivity index (χ1v) is 14.4. The molecule has 2 rings (SSSR count). The van der Waals surface area contributed by atoms with Crippen LogP contribution in [0.5, 0.6) is 17.2 Å². The highest BCUT2D eigenvalue weighted by Gasteiger charge is 2.26. The van der Waals surface area contributed by atoms with Gasteiger partial charge in [0.1, 0.15) is 17.2 Å². The topological polar surface area (TPSA) is 97.4 Å². The van der Waals surface area contributed by atoms with Crippen molar-refractivity contribution < 1.29 is 38.1 Å². The second-order valence-electron chi connectivity index (χ2n) is 12.8. The molecule has 2 aromatic rings. The van der Waals surface area contributed by atoms with Crippen LogP contribution < -0.4 is 14.2 Å². The number of rotatable bonds is 14.